The van der Waals surface area contributed by atoms with Gasteiger partial charge in [-0.05, 0) is 67.5 Å². The number of nitrogens with zero attached hydrogens (tertiary/aromatic N) is 2. The van der Waals surface area contributed by atoms with E-state index in [1.54, 1.807) is 18.3 Å². The molecule has 0 radical (unpaired) electrons. The Labute approximate surface area is 188 Å². The molecule has 0 atom stereocenters. The molecule has 2 aromatic heterocycles. The van der Waals surface area contributed by atoms with Gasteiger partial charge in [0.05, 0.1) is 17.6 Å². The Morgan fingerprint density at radius 2 is 1.85 bits per heavy atom. The number of fused-ring (bicyclic) bond motifs is 2. The summed E-state index contributed by atoms with van der Waals surface area (Å²) in [5.74, 6) is -1.86. The van der Waals surface area contributed by atoms with Gasteiger partial charge in [-0.25, -0.2) is 8.78 Å². The Hall–Kier alpha value is -3.26. The number of carbonyl (C=O) groups is 1. The van der Waals surface area contributed by atoms with Gasteiger partial charge in [0.2, 0.25) is 0 Å². The molecule has 6 rings (SSSR count). The number of halogens is 2. The summed E-state index contributed by atoms with van der Waals surface area (Å²) in [5, 5.41) is 17.4. The lowest BCUT2D eigenvalue weighted by atomic mass is 9.69. The van der Waals surface area contributed by atoms with Crippen molar-refractivity contribution in [3.8, 4) is 5.69 Å². The van der Waals surface area contributed by atoms with Gasteiger partial charge in [0.25, 0.3) is 0 Å². The maximum atomic E-state index is 16.0. The molecule has 0 bridgehead atoms. The maximum absolute atomic E-state index is 16.0. The number of aliphatic carboxylic acids is 1. The summed E-state index contributed by atoms with van der Waals surface area (Å²) in [6.45, 7) is 1.23. The average molecular weight is 451 g/mol. The van der Waals surface area contributed by atoms with Crippen molar-refractivity contribution in [2.75, 3.05) is 13.2 Å². The Bertz CT molecular complexity index is 1360. The standard InChI is InChI=1S/C25H23F2N3O3/c26-17-1-3-18(4-2-17)30-19-11-16-12-28-29-23(16)22(27)21(19)20(14-9-15(10-14)25(31)32)24(30)13-5-7-33-8-6-13/h1-4,11-15H,5-10H2,(H,28,29)(H,31,32)/t14-,15-. The van der Waals surface area contributed by atoms with Crippen LogP contribution in [0.1, 0.15) is 48.8 Å². The van der Waals surface area contributed by atoms with Crippen LogP contribution in [0.4, 0.5) is 8.78 Å². The summed E-state index contributed by atoms with van der Waals surface area (Å²) in [5.41, 5.74) is 3.67. The van der Waals surface area contributed by atoms with Crippen LogP contribution in [0.3, 0.4) is 0 Å². The van der Waals surface area contributed by atoms with Gasteiger partial charge in [-0.15, -0.1) is 0 Å². The number of carboxylic acids is 1. The molecule has 2 aliphatic rings. The van der Waals surface area contributed by atoms with Crippen LogP contribution in [-0.2, 0) is 9.53 Å². The number of hydrogen-bond acceptors (Lipinski definition) is 3. The smallest absolute Gasteiger partial charge is 0.306 e. The number of carboxylic acid groups (broad SMARTS) is 1. The number of H-pyrrole nitrogens is 1. The van der Waals surface area contributed by atoms with Gasteiger partial charge in [-0.3, -0.25) is 9.89 Å². The zero-order valence-electron chi connectivity index (χ0n) is 17.9. The molecule has 6 nitrogen and oxygen atoms in total. The van der Waals surface area contributed by atoms with E-state index in [9.17, 15) is 14.3 Å². The normalized spacial score (nSPS) is 21.5. The molecule has 170 valence electrons. The number of aromatic nitrogens is 3. The van der Waals surface area contributed by atoms with Crippen molar-refractivity contribution < 1.29 is 23.4 Å². The van der Waals surface area contributed by atoms with Crippen LogP contribution in [0.5, 0.6) is 0 Å². The summed E-state index contributed by atoms with van der Waals surface area (Å²) in [7, 11) is 0. The van der Waals surface area contributed by atoms with Crippen molar-refractivity contribution in [3.05, 3.63) is 59.4 Å². The molecule has 0 unspecified atom stereocenters. The van der Waals surface area contributed by atoms with Crippen LogP contribution in [0.2, 0.25) is 0 Å². The van der Waals surface area contributed by atoms with Gasteiger partial charge >= 0.3 is 5.97 Å². The highest BCUT2D eigenvalue weighted by Gasteiger charge is 2.41. The van der Waals surface area contributed by atoms with E-state index in [0.717, 1.165) is 29.8 Å². The third-order valence-electron chi connectivity index (χ3n) is 7.27. The van der Waals surface area contributed by atoms with Gasteiger partial charge in [0, 0.05) is 41.3 Å². The second-order valence-corrected chi connectivity index (χ2v) is 9.12. The third kappa shape index (κ3) is 3.15. The number of aromatic amines is 1. The molecule has 8 heteroatoms. The quantitative estimate of drug-likeness (QED) is 0.444. The maximum Gasteiger partial charge on any atom is 0.306 e. The van der Waals surface area contributed by atoms with Crippen molar-refractivity contribution in [1.29, 1.82) is 0 Å². The van der Waals surface area contributed by atoms with Crippen LogP contribution in [0, 0.1) is 17.6 Å². The van der Waals surface area contributed by atoms with Crippen LogP contribution >= 0.6 is 0 Å². The molecule has 0 spiro atoms. The van der Waals surface area contributed by atoms with Crippen molar-refractivity contribution in [1.82, 2.24) is 14.8 Å². The zero-order chi connectivity index (χ0) is 22.7. The Kier molecular flexibility index (Phi) is 4.72. The SMILES string of the molecule is O=C(O)[C@H]1C[C@H](c2c(C3CCOCC3)n(-c3ccc(F)cc3)c3cc4cn[nH]c4c(F)c32)C1. The minimum Gasteiger partial charge on any atom is -0.481 e. The van der Waals surface area contributed by atoms with Gasteiger partial charge in [-0.2, -0.15) is 5.10 Å². The summed E-state index contributed by atoms with van der Waals surface area (Å²) in [6.07, 6.45) is 4.14. The first kappa shape index (κ1) is 20.4. The van der Waals surface area contributed by atoms with Crippen LogP contribution in [0.25, 0.3) is 27.5 Å². The third-order valence-corrected chi connectivity index (χ3v) is 7.27. The molecule has 3 heterocycles. The second kappa shape index (κ2) is 7.66. The molecule has 1 saturated heterocycles. The summed E-state index contributed by atoms with van der Waals surface area (Å²) < 4.78 is 37.4. The molecular weight excluding hydrogens is 428 g/mol. The lowest BCUT2D eigenvalue weighted by molar-refractivity contribution is -0.145. The second-order valence-electron chi connectivity index (χ2n) is 9.12. The van der Waals surface area contributed by atoms with Crippen LogP contribution in [0.15, 0.2) is 36.5 Å². The van der Waals surface area contributed by atoms with E-state index in [0.29, 0.717) is 47.9 Å². The molecule has 1 aliphatic carbocycles. The summed E-state index contributed by atoms with van der Waals surface area (Å²) in [6, 6.07) is 8.15. The Balaban J connectivity index is 1.67. The number of hydrogen-bond donors (Lipinski definition) is 2. The molecule has 33 heavy (non-hydrogen) atoms. The molecule has 4 aromatic rings. The topological polar surface area (TPSA) is 80.1 Å². The fourth-order valence-corrected chi connectivity index (χ4v) is 5.56. The number of benzene rings is 2. The largest absolute Gasteiger partial charge is 0.481 e. The Morgan fingerprint density at radius 1 is 1.12 bits per heavy atom. The van der Waals surface area contributed by atoms with Gasteiger partial charge < -0.3 is 14.4 Å². The Morgan fingerprint density at radius 3 is 2.55 bits per heavy atom. The van der Waals surface area contributed by atoms with E-state index in [1.807, 2.05) is 10.6 Å². The first-order valence-corrected chi connectivity index (χ1v) is 11.3. The molecular formula is C25H23F2N3O3. The van der Waals surface area contributed by atoms with Crippen molar-refractivity contribution in [2.24, 2.45) is 5.92 Å². The van der Waals surface area contributed by atoms with Gasteiger partial charge in [0.15, 0.2) is 5.82 Å². The lowest BCUT2D eigenvalue weighted by Crippen LogP contribution is -2.30. The summed E-state index contributed by atoms with van der Waals surface area (Å²) >= 11 is 0. The fourth-order valence-electron chi connectivity index (χ4n) is 5.56. The average Bonchev–Trinajstić information content (AvgIpc) is 3.37. The highest BCUT2D eigenvalue weighted by atomic mass is 19.1. The first-order valence-electron chi connectivity index (χ1n) is 11.3. The van der Waals surface area contributed by atoms with E-state index >= 15 is 4.39 Å². The van der Waals surface area contributed by atoms with E-state index in [2.05, 4.69) is 10.2 Å². The molecule has 2 fully saturated rings. The van der Waals surface area contributed by atoms with Crippen LogP contribution < -0.4 is 0 Å². The van der Waals surface area contributed by atoms with Crippen LogP contribution in [-0.4, -0.2) is 39.1 Å². The van der Waals surface area contributed by atoms with Gasteiger partial charge in [0.1, 0.15) is 11.3 Å². The molecule has 2 aromatic carbocycles. The first-order chi connectivity index (χ1) is 16.0. The van der Waals surface area contributed by atoms with E-state index in [4.69, 9.17) is 4.74 Å². The zero-order valence-corrected chi connectivity index (χ0v) is 17.9. The molecule has 0 amide bonds. The van der Waals surface area contributed by atoms with Crippen molar-refractivity contribution >= 4 is 27.8 Å². The van der Waals surface area contributed by atoms with Crippen molar-refractivity contribution in [2.45, 2.75) is 37.5 Å². The predicted molar refractivity (Wildman–Crippen MR) is 119 cm³/mol. The molecule has 1 saturated carbocycles. The number of rotatable bonds is 4. The van der Waals surface area contributed by atoms with E-state index < -0.39 is 11.9 Å². The molecule has 2 N–H and O–H groups in total. The van der Waals surface area contributed by atoms with Gasteiger partial charge in [-0.1, -0.05) is 0 Å². The van der Waals surface area contributed by atoms with E-state index in [-0.39, 0.29) is 23.5 Å². The highest BCUT2D eigenvalue weighted by molar-refractivity contribution is 6.00. The highest BCUT2D eigenvalue weighted by Crippen LogP contribution is 2.51. The lowest BCUT2D eigenvalue weighted by Gasteiger charge is -2.35. The minimum atomic E-state index is -0.808. The van der Waals surface area contributed by atoms with E-state index in [1.165, 1.54) is 12.1 Å². The number of ether oxygens (including phenoxy) is 1. The minimum absolute atomic E-state index is 0.0528. The summed E-state index contributed by atoms with van der Waals surface area (Å²) in [4.78, 5) is 11.5. The fraction of sp³-hybridized carbons (Fsp3) is 0.360. The number of nitrogens with one attached hydrogen (secondary N) is 1. The predicted octanol–water partition coefficient (Wildman–Crippen LogP) is 5.26. The monoisotopic (exact) mass is 451 g/mol. The molecule has 1 aliphatic heterocycles. The van der Waals surface area contributed by atoms with Crippen molar-refractivity contribution in [3.63, 3.8) is 0 Å².